The highest BCUT2D eigenvalue weighted by Crippen LogP contribution is 2.30. The number of nitrogens with zero attached hydrogens (tertiary/aromatic N) is 1. The minimum absolute atomic E-state index is 0.0126. The van der Waals surface area contributed by atoms with Crippen LogP contribution in [0, 0.1) is 17.0 Å². The Morgan fingerprint density at radius 3 is 2.67 bits per heavy atom. The fourth-order valence-electron chi connectivity index (χ4n) is 1.19. The molecule has 1 rings (SSSR count). The number of para-hydroxylation sites is 1. The van der Waals surface area contributed by atoms with Gasteiger partial charge in [-0.25, -0.2) is 0 Å². The van der Waals surface area contributed by atoms with Crippen LogP contribution < -0.4 is 4.74 Å². The van der Waals surface area contributed by atoms with Crippen molar-refractivity contribution in [2.45, 2.75) is 20.1 Å². The van der Waals surface area contributed by atoms with Gasteiger partial charge in [0.25, 0.3) is 0 Å². The Morgan fingerprint density at radius 1 is 1.47 bits per heavy atom. The monoisotopic (exact) mass is 211 g/mol. The standard InChI is InChI=1S/C10H13NO4/c1-7-5-4-6-9(10(7)11(12)13)15-8(2)14-3/h4-6,8H,1-3H3. The average Bonchev–Trinajstić information content (AvgIpc) is 2.17. The zero-order chi connectivity index (χ0) is 11.4. The molecule has 0 aromatic heterocycles. The van der Waals surface area contributed by atoms with Gasteiger partial charge in [-0.3, -0.25) is 10.1 Å². The topological polar surface area (TPSA) is 61.6 Å². The van der Waals surface area contributed by atoms with Gasteiger partial charge in [-0.2, -0.15) is 0 Å². The Kier molecular flexibility index (Phi) is 3.62. The summed E-state index contributed by atoms with van der Waals surface area (Å²) in [6.07, 6.45) is -0.509. The molecular weight excluding hydrogens is 198 g/mol. The summed E-state index contributed by atoms with van der Waals surface area (Å²) in [6.45, 7) is 3.34. The summed E-state index contributed by atoms with van der Waals surface area (Å²) in [5.41, 5.74) is 0.558. The third-order valence-corrected chi connectivity index (χ3v) is 2.01. The van der Waals surface area contributed by atoms with Gasteiger partial charge < -0.3 is 9.47 Å². The van der Waals surface area contributed by atoms with Crippen molar-refractivity contribution in [2.24, 2.45) is 0 Å². The van der Waals surface area contributed by atoms with Crippen LogP contribution in [0.5, 0.6) is 5.75 Å². The predicted octanol–water partition coefficient (Wildman–Crippen LogP) is 2.27. The van der Waals surface area contributed by atoms with Crippen molar-refractivity contribution in [2.75, 3.05) is 7.11 Å². The van der Waals surface area contributed by atoms with E-state index in [9.17, 15) is 10.1 Å². The van der Waals surface area contributed by atoms with Crippen LogP contribution in [0.3, 0.4) is 0 Å². The van der Waals surface area contributed by atoms with E-state index in [-0.39, 0.29) is 11.4 Å². The van der Waals surface area contributed by atoms with Gasteiger partial charge in [-0.15, -0.1) is 0 Å². The van der Waals surface area contributed by atoms with Gasteiger partial charge in [0.15, 0.2) is 12.0 Å². The van der Waals surface area contributed by atoms with Crippen LogP contribution in [-0.4, -0.2) is 18.3 Å². The first kappa shape index (κ1) is 11.5. The van der Waals surface area contributed by atoms with Crippen LogP contribution in [0.4, 0.5) is 5.69 Å². The van der Waals surface area contributed by atoms with Crippen molar-refractivity contribution >= 4 is 5.69 Å². The number of nitro groups is 1. The number of ether oxygens (including phenoxy) is 2. The molecule has 0 fully saturated rings. The second-order valence-corrected chi connectivity index (χ2v) is 3.10. The molecule has 0 saturated heterocycles. The largest absolute Gasteiger partial charge is 0.458 e. The second-order valence-electron chi connectivity index (χ2n) is 3.10. The molecule has 1 aromatic rings. The number of methoxy groups -OCH3 is 1. The summed E-state index contributed by atoms with van der Waals surface area (Å²) in [7, 11) is 1.48. The molecule has 0 saturated carbocycles. The van der Waals surface area contributed by atoms with E-state index in [0.29, 0.717) is 5.56 Å². The van der Waals surface area contributed by atoms with E-state index in [1.165, 1.54) is 7.11 Å². The predicted molar refractivity (Wildman–Crippen MR) is 54.9 cm³/mol. The summed E-state index contributed by atoms with van der Waals surface area (Å²) in [6, 6.07) is 4.93. The van der Waals surface area contributed by atoms with Crippen molar-refractivity contribution in [1.82, 2.24) is 0 Å². The first-order valence-electron chi connectivity index (χ1n) is 4.49. The average molecular weight is 211 g/mol. The summed E-state index contributed by atoms with van der Waals surface area (Å²) in [5, 5.41) is 10.8. The maximum atomic E-state index is 10.8. The zero-order valence-electron chi connectivity index (χ0n) is 8.89. The van der Waals surface area contributed by atoms with Gasteiger partial charge in [0, 0.05) is 12.7 Å². The lowest BCUT2D eigenvalue weighted by atomic mass is 10.2. The van der Waals surface area contributed by atoms with Crippen LogP contribution in [0.2, 0.25) is 0 Å². The molecular formula is C10H13NO4. The number of nitro benzene ring substituents is 1. The highest BCUT2D eigenvalue weighted by Gasteiger charge is 2.19. The summed E-state index contributed by atoms with van der Waals surface area (Å²) < 4.78 is 10.2. The van der Waals surface area contributed by atoms with Crippen molar-refractivity contribution in [3.05, 3.63) is 33.9 Å². The smallest absolute Gasteiger partial charge is 0.313 e. The van der Waals surface area contributed by atoms with E-state index >= 15 is 0 Å². The van der Waals surface area contributed by atoms with Crippen LogP contribution in [0.25, 0.3) is 0 Å². The fraction of sp³-hybridized carbons (Fsp3) is 0.400. The van der Waals surface area contributed by atoms with E-state index in [1.54, 1.807) is 32.0 Å². The normalized spacial score (nSPS) is 12.2. The molecule has 15 heavy (non-hydrogen) atoms. The van der Waals surface area contributed by atoms with Crippen LogP contribution >= 0.6 is 0 Å². The fourth-order valence-corrected chi connectivity index (χ4v) is 1.19. The molecule has 5 nitrogen and oxygen atoms in total. The number of benzene rings is 1. The first-order valence-corrected chi connectivity index (χ1v) is 4.49. The lowest BCUT2D eigenvalue weighted by Crippen LogP contribution is -2.14. The lowest BCUT2D eigenvalue weighted by Gasteiger charge is -2.13. The molecule has 0 N–H and O–H groups in total. The molecule has 0 radical (unpaired) electrons. The molecule has 82 valence electrons. The summed E-state index contributed by atoms with van der Waals surface area (Å²) in [4.78, 5) is 10.3. The molecule has 0 aliphatic carbocycles. The summed E-state index contributed by atoms with van der Waals surface area (Å²) in [5.74, 6) is 0.231. The molecule has 5 heteroatoms. The van der Waals surface area contributed by atoms with E-state index < -0.39 is 11.2 Å². The number of rotatable bonds is 4. The zero-order valence-corrected chi connectivity index (χ0v) is 8.89. The second kappa shape index (κ2) is 4.75. The first-order chi connectivity index (χ1) is 7.06. The van der Waals surface area contributed by atoms with Crippen molar-refractivity contribution < 1.29 is 14.4 Å². The molecule has 0 spiro atoms. The van der Waals surface area contributed by atoms with Gasteiger partial charge in [-0.05, 0) is 19.9 Å². The minimum Gasteiger partial charge on any atom is -0.458 e. The van der Waals surface area contributed by atoms with Crippen molar-refractivity contribution in [3.8, 4) is 5.75 Å². The molecule has 0 aliphatic rings. The highest BCUT2D eigenvalue weighted by atomic mass is 16.7. The van der Waals surface area contributed by atoms with E-state index in [4.69, 9.17) is 9.47 Å². The maximum Gasteiger partial charge on any atom is 0.313 e. The Labute approximate surface area is 87.8 Å². The molecule has 0 bridgehead atoms. The summed E-state index contributed by atoms with van der Waals surface area (Å²) >= 11 is 0. The molecule has 0 heterocycles. The van der Waals surface area contributed by atoms with Crippen LogP contribution in [0.1, 0.15) is 12.5 Å². The van der Waals surface area contributed by atoms with Crippen molar-refractivity contribution in [3.63, 3.8) is 0 Å². The van der Waals surface area contributed by atoms with Gasteiger partial charge in [0.1, 0.15) is 0 Å². The molecule has 1 unspecified atom stereocenters. The molecule has 1 atom stereocenters. The third-order valence-electron chi connectivity index (χ3n) is 2.01. The SMILES string of the molecule is COC(C)Oc1cccc(C)c1[N+](=O)[O-]. The Hall–Kier alpha value is -1.62. The van der Waals surface area contributed by atoms with Gasteiger partial charge in [0.2, 0.25) is 0 Å². The Morgan fingerprint density at radius 2 is 2.13 bits per heavy atom. The number of aryl methyl sites for hydroxylation is 1. The quantitative estimate of drug-likeness (QED) is 0.435. The van der Waals surface area contributed by atoms with Gasteiger partial charge in [0.05, 0.1) is 4.92 Å². The van der Waals surface area contributed by atoms with Gasteiger partial charge >= 0.3 is 5.69 Å². The lowest BCUT2D eigenvalue weighted by molar-refractivity contribution is -0.386. The van der Waals surface area contributed by atoms with E-state index in [0.717, 1.165) is 0 Å². The van der Waals surface area contributed by atoms with Gasteiger partial charge in [-0.1, -0.05) is 12.1 Å². The Bertz CT molecular complexity index is 364. The Balaban J connectivity index is 3.06. The van der Waals surface area contributed by atoms with E-state index in [2.05, 4.69) is 0 Å². The third kappa shape index (κ3) is 2.66. The number of hydrogen-bond acceptors (Lipinski definition) is 4. The van der Waals surface area contributed by atoms with Crippen LogP contribution in [-0.2, 0) is 4.74 Å². The van der Waals surface area contributed by atoms with E-state index in [1.807, 2.05) is 0 Å². The highest BCUT2D eigenvalue weighted by molar-refractivity contribution is 5.52. The van der Waals surface area contributed by atoms with Crippen molar-refractivity contribution in [1.29, 1.82) is 0 Å². The molecule has 1 aromatic carbocycles. The minimum atomic E-state index is -0.509. The molecule has 0 aliphatic heterocycles. The van der Waals surface area contributed by atoms with Crippen LogP contribution in [0.15, 0.2) is 18.2 Å². The maximum absolute atomic E-state index is 10.8. The molecule has 0 amide bonds. The number of hydrogen-bond donors (Lipinski definition) is 0.